The first-order chi connectivity index (χ1) is 11.6. The molecule has 4 nitrogen and oxygen atoms in total. The Balaban J connectivity index is 1.36. The lowest BCUT2D eigenvalue weighted by atomic mass is 9.45. The fourth-order valence-corrected chi connectivity index (χ4v) is 5.39. The minimum absolute atomic E-state index is 0.567. The largest absolute Gasteiger partial charge is 0.370 e. The number of hydrogen-bond donors (Lipinski definition) is 2. The third-order valence-corrected chi connectivity index (χ3v) is 7.25. The lowest BCUT2D eigenvalue weighted by Crippen LogP contribution is -2.53. The highest BCUT2D eigenvalue weighted by atomic mass is 15.2. The Bertz CT molecular complexity index is 583. The molecule has 1 saturated heterocycles. The summed E-state index contributed by atoms with van der Waals surface area (Å²) in [6.45, 7) is 8.26. The summed E-state index contributed by atoms with van der Waals surface area (Å²) in [6, 6.07) is 4.99. The number of anilines is 2. The predicted octanol–water partition coefficient (Wildman–Crippen LogP) is 3.36. The second kappa shape index (κ2) is 6.21. The van der Waals surface area contributed by atoms with Crippen LogP contribution in [0.25, 0.3) is 0 Å². The molecule has 0 radical (unpaired) electrons. The Morgan fingerprint density at radius 2 is 2.17 bits per heavy atom. The summed E-state index contributed by atoms with van der Waals surface area (Å²) in [5.41, 5.74) is 1.87. The first-order valence-electron chi connectivity index (χ1n) is 9.70. The number of rotatable bonds is 5. The van der Waals surface area contributed by atoms with E-state index in [-0.39, 0.29) is 0 Å². The van der Waals surface area contributed by atoms with Crippen molar-refractivity contribution in [3.8, 4) is 0 Å². The molecule has 1 aliphatic heterocycles. The number of likely N-dealkylation sites (N-methyl/N-ethyl adjacent to an activating group) is 1. The molecular weight excluding hydrogens is 296 g/mol. The first kappa shape index (κ1) is 16.2. The maximum atomic E-state index is 4.56. The highest BCUT2D eigenvalue weighted by Gasteiger charge is 2.53. The van der Waals surface area contributed by atoms with Crippen molar-refractivity contribution < 1.29 is 0 Å². The second-order valence-corrected chi connectivity index (χ2v) is 8.70. The minimum atomic E-state index is 0.567. The molecule has 2 heterocycles. The van der Waals surface area contributed by atoms with Gasteiger partial charge in [0.2, 0.25) is 0 Å². The molecule has 4 atom stereocenters. The summed E-state index contributed by atoms with van der Waals surface area (Å²) in [5, 5.41) is 7.03. The maximum absolute atomic E-state index is 4.56. The maximum Gasteiger partial charge on any atom is 0.127 e. The quantitative estimate of drug-likeness (QED) is 0.869. The van der Waals surface area contributed by atoms with Crippen molar-refractivity contribution in [2.24, 2.45) is 23.2 Å². The SMILES string of the molecule is CN[C@H]1CCN(c2ccnc(NC[C@H]3CC[C@H]4C[C@@H]3C4(C)C)c2)C1. The summed E-state index contributed by atoms with van der Waals surface area (Å²) in [6.07, 6.45) is 7.44. The van der Waals surface area contributed by atoms with Crippen LogP contribution in [0.2, 0.25) is 0 Å². The molecule has 2 bridgehead atoms. The van der Waals surface area contributed by atoms with E-state index >= 15 is 0 Å². The first-order valence-corrected chi connectivity index (χ1v) is 9.70. The topological polar surface area (TPSA) is 40.2 Å². The Hall–Kier alpha value is -1.29. The van der Waals surface area contributed by atoms with Crippen molar-refractivity contribution in [2.45, 2.75) is 45.6 Å². The number of nitrogens with zero attached hydrogens (tertiary/aromatic N) is 2. The summed E-state index contributed by atoms with van der Waals surface area (Å²) in [5.74, 6) is 3.74. The van der Waals surface area contributed by atoms with Crippen molar-refractivity contribution in [3.63, 3.8) is 0 Å². The number of aromatic nitrogens is 1. The third-order valence-electron chi connectivity index (χ3n) is 7.25. The van der Waals surface area contributed by atoms with Crippen LogP contribution >= 0.6 is 0 Å². The van der Waals surface area contributed by atoms with Crippen LogP contribution in [0, 0.1) is 23.2 Å². The molecule has 0 unspecified atom stereocenters. The van der Waals surface area contributed by atoms with E-state index in [2.05, 4.69) is 53.5 Å². The van der Waals surface area contributed by atoms with Crippen LogP contribution in [0.5, 0.6) is 0 Å². The molecule has 1 aromatic rings. The predicted molar refractivity (Wildman–Crippen MR) is 101 cm³/mol. The molecular formula is C20H32N4. The van der Waals surface area contributed by atoms with Gasteiger partial charge in [0.25, 0.3) is 0 Å². The van der Waals surface area contributed by atoms with Gasteiger partial charge in [-0.15, -0.1) is 0 Å². The van der Waals surface area contributed by atoms with Crippen LogP contribution in [-0.2, 0) is 0 Å². The summed E-state index contributed by atoms with van der Waals surface area (Å²) in [7, 11) is 2.06. The van der Waals surface area contributed by atoms with Crippen LogP contribution in [0.4, 0.5) is 11.5 Å². The zero-order valence-corrected chi connectivity index (χ0v) is 15.4. The number of nitrogens with one attached hydrogen (secondary N) is 2. The van der Waals surface area contributed by atoms with Crippen LogP contribution in [0.1, 0.15) is 39.5 Å². The van der Waals surface area contributed by atoms with Gasteiger partial charge in [0.05, 0.1) is 0 Å². The van der Waals surface area contributed by atoms with E-state index < -0.39 is 0 Å². The summed E-state index contributed by atoms with van der Waals surface area (Å²) < 4.78 is 0. The van der Waals surface area contributed by atoms with Crippen molar-refractivity contribution in [2.75, 3.05) is 36.9 Å². The molecule has 1 aromatic heterocycles. The van der Waals surface area contributed by atoms with Gasteiger partial charge in [-0.3, -0.25) is 0 Å². The van der Waals surface area contributed by atoms with E-state index in [1.165, 1.54) is 31.4 Å². The van der Waals surface area contributed by atoms with Gasteiger partial charge in [-0.1, -0.05) is 13.8 Å². The molecule has 2 N–H and O–H groups in total. The zero-order valence-electron chi connectivity index (χ0n) is 15.4. The van der Waals surface area contributed by atoms with Crippen molar-refractivity contribution >= 4 is 11.5 Å². The van der Waals surface area contributed by atoms with E-state index in [1.807, 2.05) is 6.20 Å². The molecule has 0 amide bonds. The highest BCUT2D eigenvalue weighted by Crippen LogP contribution is 2.61. The van der Waals surface area contributed by atoms with Gasteiger partial charge in [-0.25, -0.2) is 4.98 Å². The average molecular weight is 329 g/mol. The second-order valence-electron chi connectivity index (χ2n) is 8.70. The summed E-state index contributed by atoms with van der Waals surface area (Å²) >= 11 is 0. The molecule has 4 aliphatic rings. The van der Waals surface area contributed by atoms with E-state index in [9.17, 15) is 0 Å². The summed E-state index contributed by atoms with van der Waals surface area (Å²) in [4.78, 5) is 7.02. The van der Waals surface area contributed by atoms with Gasteiger partial charge in [-0.2, -0.15) is 0 Å². The number of hydrogen-bond acceptors (Lipinski definition) is 4. The number of pyridine rings is 1. The van der Waals surface area contributed by atoms with Gasteiger partial charge in [-0.05, 0) is 62.0 Å². The van der Waals surface area contributed by atoms with E-state index in [0.29, 0.717) is 11.5 Å². The van der Waals surface area contributed by atoms with Gasteiger partial charge in [0.15, 0.2) is 0 Å². The normalized spacial score (nSPS) is 34.0. The van der Waals surface area contributed by atoms with Crippen molar-refractivity contribution in [1.29, 1.82) is 0 Å². The smallest absolute Gasteiger partial charge is 0.127 e. The van der Waals surface area contributed by atoms with Gasteiger partial charge in [0.1, 0.15) is 5.82 Å². The fourth-order valence-electron chi connectivity index (χ4n) is 5.39. The lowest BCUT2D eigenvalue weighted by Gasteiger charge is -2.60. The Morgan fingerprint density at radius 3 is 2.88 bits per heavy atom. The molecule has 132 valence electrons. The molecule has 4 fully saturated rings. The lowest BCUT2D eigenvalue weighted by molar-refractivity contribution is -0.100. The highest BCUT2D eigenvalue weighted by molar-refractivity contribution is 5.54. The van der Waals surface area contributed by atoms with Crippen LogP contribution in [-0.4, -0.2) is 37.7 Å². The Kier molecular flexibility index (Phi) is 4.19. The van der Waals surface area contributed by atoms with E-state index in [4.69, 9.17) is 0 Å². The molecule has 3 aliphatic carbocycles. The minimum Gasteiger partial charge on any atom is -0.370 e. The van der Waals surface area contributed by atoms with Crippen molar-refractivity contribution in [1.82, 2.24) is 10.3 Å². The van der Waals surface area contributed by atoms with Gasteiger partial charge in [0, 0.05) is 43.6 Å². The van der Waals surface area contributed by atoms with Crippen LogP contribution in [0.15, 0.2) is 18.3 Å². The fraction of sp³-hybridized carbons (Fsp3) is 0.750. The zero-order chi connectivity index (χ0) is 16.7. The third kappa shape index (κ3) is 2.79. The monoisotopic (exact) mass is 328 g/mol. The van der Waals surface area contributed by atoms with E-state index in [1.54, 1.807) is 0 Å². The van der Waals surface area contributed by atoms with Crippen LogP contribution < -0.4 is 15.5 Å². The average Bonchev–Trinajstić information content (AvgIpc) is 3.09. The molecule has 0 spiro atoms. The molecule has 0 aromatic carbocycles. The molecule has 4 heteroatoms. The van der Waals surface area contributed by atoms with Gasteiger partial charge >= 0.3 is 0 Å². The number of fused-ring (bicyclic) bond motifs is 2. The van der Waals surface area contributed by atoms with Gasteiger partial charge < -0.3 is 15.5 Å². The molecule has 24 heavy (non-hydrogen) atoms. The van der Waals surface area contributed by atoms with Crippen molar-refractivity contribution in [3.05, 3.63) is 18.3 Å². The standard InChI is InChI=1S/C20H32N4/c1-20(2)15-5-4-14(18(20)10-15)12-23-19-11-17(6-8-22-19)24-9-7-16(13-24)21-3/h6,8,11,14-16,18,21H,4-5,7,9-10,12-13H2,1-3H3,(H,22,23)/t14-,15+,16+,18+/m1/s1. The Morgan fingerprint density at radius 1 is 1.29 bits per heavy atom. The Labute approximate surface area is 146 Å². The molecule has 3 saturated carbocycles. The van der Waals surface area contributed by atoms with E-state index in [0.717, 1.165) is 43.2 Å². The molecule has 5 rings (SSSR count). The van der Waals surface area contributed by atoms with Crippen LogP contribution in [0.3, 0.4) is 0 Å².